The predicted molar refractivity (Wildman–Crippen MR) is 130 cm³/mol. The lowest BCUT2D eigenvalue weighted by Crippen LogP contribution is -2.36. The zero-order valence-corrected chi connectivity index (χ0v) is 17.7. The molecule has 0 N–H and O–H groups in total. The van der Waals surface area contributed by atoms with Crippen LogP contribution in [0.15, 0.2) is 134 Å². The van der Waals surface area contributed by atoms with Crippen molar-refractivity contribution in [2.45, 2.75) is 5.54 Å². The number of hydrogen-bond donors (Lipinski definition) is 0. The van der Waals surface area contributed by atoms with Gasteiger partial charge in [0.15, 0.2) is 0 Å². The van der Waals surface area contributed by atoms with E-state index in [-0.39, 0.29) is 0 Å². The Balaban J connectivity index is 1.71. The van der Waals surface area contributed by atoms with Gasteiger partial charge in [-0.2, -0.15) is 0 Å². The first-order valence-electron chi connectivity index (χ1n) is 10.7. The molecule has 0 saturated heterocycles. The van der Waals surface area contributed by atoms with Gasteiger partial charge in [0.2, 0.25) is 0 Å². The van der Waals surface area contributed by atoms with Gasteiger partial charge in [-0.25, -0.2) is 4.98 Å². The Kier molecular flexibility index (Phi) is 5.50. The van der Waals surface area contributed by atoms with Crippen LogP contribution >= 0.6 is 0 Å². The number of rotatable bonds is 6. The fraction of sp³-hybridized carbons (Fsp3) is 0.0333. The van der Waals surface area contributed by atoms with Crippen molar-refractivity contribution >= 4 is 6.08 Å². The smallest absolute Gasteiger partial charge is 0.121 e. The highest BCUT2D eigenvalue weighted by Crippen LogP contribution is 2.40. The molecule has 0 aliphatic carbocycles. The van der Waals surface area contributed by atoms with E-state index in [9.17, 15) is 0 Å². The van der Waals surface area contributed by atoms with Crippen LogP contribution in [-0.2, 0) is 5.54 Å². The van der Waals surface area contributed by atoms with Crippen LogP contribution in [0.25, 0.3) is 6.08 Å². The highest BCUT2D eigenvalue weighted by Gasteiger charge is 2.38. The molecule has 1 heterocycles. The Bertz CT molecular complexity index is 1190. The van der Waals surface area contributed by atoms with Crippen molar-refractivity contribution in [3.8, 4) is 0 Å². The standard InChI is InChI=1S/C30H23N2/c1-5-13-25(14-6-1)21-22-29-23-32(24-31-29)30(26-15-7-2-8-16-26,27-17-9-3-10-18-27)28-19-11-4-12-20-28/h1-21,23-24H. The van der Waals surface area contributed by atoms with Crippen molar-refractivity contribution in [1.29, 1.82) is 0 Å². The lowest BCUT2D eigenvalue weighted by molar-refractivity contribution is 0.514. The molecule has 5 aromatic rings. The number of imidazole rings is 1. The third kappa shape index (κ3) is 3.67. The van der Waals surface area contributed by atoms with Crippen LogP contribution in [0.4, 0.5) is 0 Å². The molecule has 1 aromatic heterocycles. The Labute approximate surface area is 189 Å². The van der Waals surface area contributed by atoms with Crippen molar-refractivity contribution in [1.82, 2.24) is 9.55 Å². The zero-order valence-electron chi connectivity index (χ0n) is 17.7. The molecule has 0 aliphatic rings. The fourth-order valence-corrected chi connectivity index (χ4v) is 4.27. The van der Waals surface area contributed by atoms with Crippen molar-refractivity contribution in [2.75, 3.05) is 0 Å². The van der Waals surface area contributed by atoms with Gasteiger partial charge in [-0.15, -0.1) is 0 Å². The second-order valence-electron chi connectivity index (χ2n) is 7.67. The van der Waals surface area contributed by atoms with Crippen molar-refractivity contribution in [3.05, 3.63) is 168 Å². The number of nitrogens with zero attached hydrogens (tertiary/aromatic N) is 2. The van der Waals surface area contributed by atoms with E-state index in [0.29, 0.717) is 0 Å². The van der Waals surface area contributed by atoms with Gasteiger partial charge in [-0.05, 0) is 28.3 Å². The fourth-order valence-electron chi connectivity index (χ4n) is 4.27. The molecule has 2 nitrogen and oxygen atoms in total. The van der Waals surface area contributed by atoms with E-state index in [0.717, 1.165) is 11.3 Å². The van der Waals surface area contributed by atoms with Gasteiger partial charge in [-0.3, -0.25) is 0 Å². The van der Waals surface area contributed by atoms with Crippen LogP contribution in [0.1, 0.15) is 27.9 Å². The topological polar surface area (TPSA) is 17.8 Å². The predicted octanol–water partition coefficient (Wildman–Crippen LogP) is 6.59. The van der Waals surface area contributed by atoms with Gasteiger partial charge in [0.05, 0.1) is 12.0 Å². The lowest BCUT2D eigenvalue weighted by Gasteiger charge is -2.37. The third-order valence-corrected chi connectivity index (χ3v) is 5.73. The zero-order chi connectivity index (χ0) is 21.6. The van der Waals surface area contributed by atoms with E-state index >= 15 is 0 Å². The summed E-state index contributed by atoms with van der Waals surface area (Å²) in [6, 6.07) is 42.0. The van der Waals surface area contributed by atoms with Crippen LogP contribution in [0.5, 0.6) is 0 Å². The molecule has 32 heavy (non-hydrogen) atoms. The van der Waals surface area contributed by atoms with Crippen LogP contribution in [-0.4, -0.2) is 9.55 Å². The van der Waals surface area contributed by atoms with E-state index in [4.69, 9.17) is 4.98 Å². The molecular weight excluding hydrogens is 388 g/mol. The Morgan fingerprint density at radius 1 is 0.594 bits per heavy atom. The maximum Gasteiger partial charge on any atom is 0.121 e. The molecule has 0 unspecified atom stereocenters. The molecule has 5 rings (SSSR count). The summed E-state index contributed by atoms with van der Waals surface area (Å²) < 4.78 is 2.20. The summed E-state index contributed by atoms with van der Waals surface area (Å²) in [6.45, 7) is 0. The van der Waals surface area contributed by atoms with Gasteiger partial charge < -0.3 is 4.57 Å². The molecular formula is C30H23N2. The summed E-state index contributed by atoms with van der Waals surface area (Å²) in [4.78, 5) is 4.69. The summed E-state index contributed by atoms with van der Waals surface area (Å²) >= 11 is 0. The first-order chi connectivity index (χ1) is 15.9. The van der Waals surface area contributed by atoms with Gasteiger partial charge >= 0.3 is 0 Å². The largest absolute Gasteiger partial charge is 0.318 e. The van der Waals surface area contributed by atoms with Crippen molar-refractivity contribution in [3.63, 3.8) is 0 Å². The van der Waals surface area contributed by atoms with Crippen LogP contribution < -0.4 is 0 Å². The van der Waals surface area contributed by atoms with E-state index < -0.39 is 5.54 Å². The summed E-state index contributed by atoms with van der Waals surface area (Å²) in [7, 11) is 0. The number of aromatic nitrogens is 2. The van der Waals surface area contributed by atoms with E-state index in [1.807, 2.05) is 30.6 Å². The minimum Gasteiger partial charge on any atom is -0.318 e. The molecule has 0 aliphatic heterocycles. The molecule has 2 heteroatoms. The van der Waals surface area contributed by atoms with Crippen LogP contribution in [0.2, 0.25) is 0 Å². The maximum atomic E-state index is 4.69. The molecule has 0 saturated carbocycles. The Hall–Kier alpha value is -4.17. The summed E-state index contributed by atoms with van der Waals surface area (Å²) in [5.41, 5.74) is 4.86. The molecule has 0 spiro atoms. The third-order valence-electron chi connectivity index (χ3n) is 5.73. The van der Waals surface area contributed by atoms with Gasteiger partial charge in [0.25, 0.3) is 0 Å². The van der Waals surface area contributed by atoms with Crippen molar-refractivity contribution in [2.24, 2.45) is 0 Å². The summed E-state index contributed by atoms with van der Waals surface area (Å²) in [5.74, 6) is 0. The number of benzene rings is 4. The SMILES string of the molecule is [C](=Cc1ccccc1)c1cn(C(c2ccccc2)(c2ccccc2)c2ccccc2)cn1. The molecule has 0 amide bonds. The van der Waals surface area contributed by atoms with Gasteiger partial charge in [0.1, 0.15) is 5.54 Å². The average Bonchev–Trinajstić information content (AvgIpc) is 3.35. The van der Waals surface area contributed by atoms with Crippen molar-refractivity contribution < 1.29 is 0 Å². The van der Waals surface area contributed by atoms with E-state index in [1.165, 1.54) is 16.7 Å². The van der Waals surface area contributed by atoms with Crippen LogP contribution in [0.3, 0.4) is 0 Å². The lowest BCUT2D eigenvalue weighted by atomic mass is 9.77. The Morgan fingerprint density at radius 3 is 1.50 bits per heavy atom. The normalized spacial score (nSPS) is 11.6. The van der Waals surface area contributed by atoms with Gasteiger partial charge in [-0.1, -0.05) is 121 Å². The molecule has 0 fully saturated rings. The highest BCUT2D eigenvalue weighted by atomic mass is 15.1. The average molecular weight is 412 g/mol. The minimum atomic E-state index is -0.552. The highest BCUT2D eigenvalue weighted by molar-refractivity contribution is 5.52. The Morgan fingerprint density at radius 2 is 1.03 bits per heavy atom. The summed E-state index contributed by atoms with van der Waals surface area (Å²) in [6.07, 6.45) is 9.31. The quantitative estimate of drug-likeness (QED) is 0.288. The maximum absolute atomic E-state index is 4.69. The second-order valence-corrected chi connectivity index (χ2v) is 7.67. The molecule has 4 aromatic carbocycles. The van der Waals surface area contributed by atoms with Gasteiger partial charge in [0, 0.05) is 12.3 Å². The molecule has 1 radical (unpaired) electrons. The van der Waals surface area contributed by atoms with E-state index in [1.54, 1.807) is 0 Å². The minimum absolute atomic E-state index is 0.552. The first-order valence-corrected chi connectivity index (χ1v) is 10.7. The first kappa shape index (κ1) is 19.8. The molecule has 153 valence electrons. The number of hydrogen-bond acceptors (Lipinski definition) is 1. The van der Waals surface area contributed by atoms with E-state index in [2.05, 4.69) is 120 Å². The van der Waals surface area contributed by atoms with Crippen LogP contribution in [0, 0.1) is 6.08 Å². The second kappa shape index (κ2) is 8.91. The summed E-state index contributed by atoms with van der Waals surface area (Å²) in [5, 5.41) is 0. The molecule has 0 bridgehead atoms. The molecule has 0 atom stereocenters. The monoisotopic (exact) mass is 411 g/mol.